The van der Waals surface area contributed by atoms with E-state index in [0.29, 0.717) is 29.9 Å². The molecule has 0 spiro atoms. The van der Waals surface area contributed by atoms with Crippen LogP contribution in [0.2, 0.25) is 0 Å². The predicted molar refractivity (Wildman–Crippen MR) is 142 cm³/mol. The van der Waals surface area contributed by atoms with E-state index < -0.39 is 34.5 Å². The van der Waals surface area contributed by atoms with Crippen LogP contribution in [-0.2, 0) is 14.3 Å². The van der Waals surface area contributed by atoms with Crippen LogP contribution in [0.1, 0.15) is 61.3 Å². The smallest absolute Gasteiger partial charge is 0.422 e. The molecule has 2 amide bonds. The second-order valence-corrected chi connectivity index (χ2v) is 11.8. The average Bonchev–Trinajstić information content (AvgIpc) is 3.22. The molecule has 0 N–H and O–H groups in total. The minimum absolute atomic E-state index is 0.176. The monoisotopic (exact) mass is 526 g/mol. The third-order valence-electron chi connectivity index (χ3n) is 4.95. The molecule has 198 valence electrons. The van der Waals surface area contributed by atoms with Crippen LogP contribution in [0.3, 0.4) is 0 Å². The maximum Gasteiger partial charge on any atom is 0.422 e. The fourth-order valence-corrected chi connectivity index (χ4v) is 4.29. The van der Waals surface area contributed by atoms with Gasteiger partial charge in [0.1, 0.15) is 11.2 Å². The van der Waals surface area contributed by atoms with Gasteiger partial charge in [0.15, 0.2) is 5.82 Å². The van der Waals surface area contributed by atoms with Gasteiger partial charge < -0.3 is 9.47 Å². The number of hydrogen-bond acceptors (Lipinski definition) is 8. The van der Waals surface area contributed by atoms with E-state index in [0.717, 1.165) is 16.7 Å². The molecule has 0 bridgehead atoms. The summed E-state index contributed by atoms with van der Waals surface area (Å²) < 4.78 is 12.4. The first-order valence-corrected chi connectivity index (χ1v) is 13.0. The molecule has 1 aliphatic carbocycles. The van der Waals surface area contributed by atoms with E-state index in [2.05, 4.69) is 10.2 Å². The molecule has 0 fully saturated rings. The normalized spacial score (nSPS) is 14.5. The largest absolute Gasteiger partial charge is 0.443 e. The number of ether oxygens (including phenoxy) is 2. The maximum absolute atomic E-state index is 13.6. The maximum atomic E-state index is 13.6. The molecule has 1 aromatic carbocycles. The topological polar surface area (TPSA) is 104 Å². The Labute approximate surface area is 221 Å². The van der Waals surface area contributed by atoms with Crippen molar-refractivity contribution in [3.8, 4) is 11.4 Å². The molecule has 0 radical (unpaired) electrons. The molecule has 1 atom stereocenters. The molecule has 1 aromatic heterocycles. The van der Waals surface area contributed by atoms with Crippen LogP contribution in [0, 0.1) is 0 Å². The summed E-state index contributed by atoms with van der Waals surface area (Å²) in [6.07, 6.45) is 5.32. The van der Waals surface area contributed by atoms with Crippen LogP contribution in [0.15, 0.2) is 59.4 Å². The molecule has 0 saturated heterocycles. The summed E-state index contributed by atoms with van der Waals surface area (Å²) in [6.45, 7) is 12.2. The molecule has 10 heteroatoms. The lowest BCUT2D eigenvalue weighted by Gasteiger charge is -2.29. The predicted octanol–water partition coefficient (Wildman–Crippen LogP) is 6.21. The third-order valence-corrected chi connectivity index (χ3v) is 5.98. The van der Waals surface area contributed by atoms with Crippen molar-refractivity contribution in [3.63, 3.8) is 0 Å². The number of allylic oxidation sites excluding steroid dienone is 4. The van der Waals surface area contributed by atoms with Gasteiger partial charge in [0.25, 0.3) is 0 Å². The van der Waals surface area contributed by atoms with Gasteiger partial charge in [0.2, 0.25) is 11.1 Å². The summed E-state index contributed by atoms with van der Waals surface area (Å²) in [5, 5.41) is 7.81. The van der Waals surface area contributed by atoms with Crippen molar-refractivity contribution in [1.82, 2.24) is 19.7 Å². The highest BCUT2D eigenvalue weighted by Crippen LogP contribution is 2.30. The lowest BCUT2D eigenvalue weighted by atomic mass is 10.1. The summed E-state index contributed by atoms with van der Waals surface area (Å²) in [4.78, 5) is 41.0. The van der Waals surface area contributed by atoms with Gasteiger partial charge in [-0.25, -0.2) is 19.1 Å². The first kappa shape index (κ1) is 28.2. The lowest BCUT2D eigenvalue weighted by Crippen LogP contribution is -2.43. The van der Waals surface area contributed by atoms with Crippen LogP contribution >= 0.6 is 11.8 Å². The number of carbonyl (C=O) groups excluding carboxylic acids is 3. The van der Waals surface area contributed by atoms with E-state index in [9.17, 15) is 14.4 Å². The van der Waals surface area contributed by atoms with E-state index in [1.807, 2.05) is 30.4 Å². The zero-order chi connectivity index (χ0) is 27.4. The molecular formula is C27H34N4O5S. The number of aromatic nitrogens is 3. The molecule has 0 saturated carbocycles. The molecule has 2 aromatic rings. The molecule has 1 aliphatic rings. The molecule has 9 nitrogen and oxygen atoms in total. The summed E-state index contributed by atoms with van der Waals surface area (Å²) in [6, 6.07) is 9.12. The van der Waals surface area contributed by atoms with Crippen LogP contribution in [0.25, 0.3) is 11.4 Å². The van der Waals surface area contributed by atoms with E-state index in [1.165, 1.54) is 4.57 Å². The van der Waals surface area contributed by atoms with Crippen molar-refractivity contribution < 1.29 is 23.9 Å². The zero-order valence-electron chi connectivity index (χ0n) is 22.3. The minimum Gasteiger partial charge on any atom is -0.443 e. The molecule has 37 heavy (non-hydrogen) atoms. The Balaban J connectivity index is 1.95. The van der Waals surface area contributed by atoms with Gasteiger partial charge in [-0.1, -0.05) is 54.2 Å². The summed E-state index contributed by atoms with van der Waals surface area (Å²) >= 11 is 1.02. The standard InChI is InChI=1S/C27H34N4O5S/c1-18(22(32)30(20-16-12-9-13-17-20)24(33)35-26(2,3)4)37-23-29-28-21(19-14-10-8-11-15-19)31(23)25(34)36-27(5,6)7/h8-12,14-16,18H,13,17H2,1-7H3. The summed E-state index contributed by atoms with van der Waals surface area (Å²) in [7, 11) is 0. The minimum atomic E-state index is -0.798. The Bertz CT molecular complexity index is 1210. The number of nitrogens with zero attached hydrogens (tertiary/aromatic N) is 4. The van der Waals surface area contributed by atoms with Crippen LogP contribution in [-0.4, -0.2) is 54.2 Å². The quantitative estimate of drug-likeness (QED) is 0.424. The molecule has 0 aliphatic heterocycles. The molecule has 3 rings (SSSR count). The lowest BCUT2D eigenvalue weighted by molar-refractivity contribution is -0.127. The van der Waals surface area contributed by atoms with Gasteiger partial charge in [-0.05, 0) is 67.4 Å². The number of hydrogen-bond donors (Lipinski definition) is 0. The Morgan fingerprint density at radius 3 is 2.22 bits per heavy atom. The third kappa shape index (κ3) is 7.55. The second kappa shape index (κ2) is 11.3. The van der Waals surface area contributed by atoms with E-state index >= 15 is 0 Å². The van der Waals surface area contributed by atoms with Crippen LogP contribution < -0.4 is 0 Å². The number of amides is 2. The van der Waals surface area contributed by atoms with Crippen molar-refractivity contribution in [2.75, 3.05) is 0 Å². The van der Waals surface area contributed by atoms with Gasteiger partial charge in [-0.2, -0.15) is 0 Å². The SMILES string of the molecule is CC(Sc1nnc(-c2ccccc2)n1C(=O)OC(C)(C)C)C(=O)N(C(=O)OC(C)(C)C)C1=CC=CCC1. The Hall–Kier alpha value is -3.40. The van der Waals surface area contributed by atoms with Gasteiger partial charge in [-0.3, -0.25) is 4.79 Å². The number of benzene rings is 1. The number of rotatable bonds is 5. The molecule has 1 heterocycles. The van der Waals surface area contributed by atoms with Crippen molar-refractivity contribution in [2.45, 2.75) is 82.9 Å². The summed E-state index contributed by atoms with van der Waals surface area (Å²) in [5.41, 5.74) is -0.319. The highest BCUT2D eigenvalue weighted by molar-refractivity contribution is 8.00. The number of carbonyl (C=O) groups is 3. The van der Waals surface area contributed by atoms with Gasteiger partial charge in [-0.15, -0.1) is 10.2 Å². The first-order valence-electron chi connectivity index (χ1n) is 12.1. The highest BCUT2D eigenvalue weighted by atomic mass is 32.2. The van der Waals surface area contributed by atoms with Crippen LogP contribution in [0.5, 0.6) is 0 Å². The Kier molecular flexibility index (Phi) is 8.63. The zero-order valence-corrected chi connectivity index (χ0v) is 23.2. The fraction of sp³-hybridized carbons (Fsp3) is 0.444. The highest BCUT2D eigenvalue weighted by Gasteiger charge is 2.35. The van der Waals surface area contributed by atoms with Gasteiger partial charge in [0.05, 0.1) is 5.25 Å². The van der Waals surface area contributed by atoms with Crippen LogP contribution in [0.4, 0.5) is 9.59 Å². The van der Waals surface area contributed by atoms with Crippen molar-refractivity contribution in [2.24, 2.45) is 0 Å². The summed E-state index contributed by atoms with van der Waals surface area (Å²) in [5.74, 6) is -0.193. The Morgan fingerprint density at radius 1 is 1.00 bits per heavy atom. The van der Waals surface area contributed by atoms with Crippen molar-refractivity contribution in [3.05, 3.63) is 54.3 Å². The first-order chi connectivity index (χ1) is 17.3. The second-order valence-electron chi connectivity index (χ2n) is 10.5. The Morgan fingerprint density at radius 2 is 1.65 bits per heavy atom. The number of imide groups is 1. The average molecular weight is 527 g/mol. The molecular weight excluding hydrogens is 492 g/mol. The van der Waals surface area contributed by atoms with Crippen molar-refractivity contribution >= 4 is 29.9 Å². The van der Waals surface area contributed by atoms with Gasteiger partial charge >= 0.3 is 12.2 Å². The van der Waals surface area contributed by atoms with E-state index in [4.69, 9.17) is 9.47 Å². The van der Waals surface area contributed by atoms with Gasteiger partial charge in [0, 0.05) is 11.3 Å². The van der Waals surface area contributed by atoms with Crippen molar-refractivity contribution in [1.29, 1.82) is 0 Å². The number of thioether (sulfide) groups is 1. The van der Waals surface area contributed by atoms with E-state index in [-0.39, 0.29) is 5.16 Å². The van der Waals surface area contributed by atoms with E-state index in [1.54, 1.807) is 66.7 Å². The fourth-order valence-electron chi connectivity index (χ4n) is 3.42. The molecule has 1 unspecified atom stereocenters.